The first-order valence-corrected chi connectivity index (χ1v) is 3.21. The monoisotopic (exact) mass is 163 g/mol. The van der Waals surface area contributed by atoms with E-state index in [0.29, 0.717) is 18.0 Å². The zero-order chi connectivity index (χ0) is 8.69. The standard InChI is InChI=1S/C5H13N3O3/c6-4-11-3-1-2-8(7)5(9)10/h1-4,6-7H2,(H,9,10). The molecule has 0 rings (SSSR count). The number of carboxylic acid groups (broad SMARTS) is 1. The Kier molecular flexibility index (Phi) is 5.44. The minimum Gasteiger partial charge on any atom is -0.464 e. The number of nitrogens with two attached hydrogens (primary N) is 2. The van der Waals surface area contributed by atoms with Crippen LogP contribution in [0.1, 0.15) is 6.42 Å². The molecule has 0 atom stereocenters. The van der Waals surface area contributed by atoms with Gasteiger partial charge in [0.05, 0.1) is 13.3 Å². The summed E-state index contributed by atoms with van der Waals surface area (Å²) in [4.78, 5) is 10.1. The van der Waals surface area contributed by atoms with Gasteiger partial charge >= 0.3 is 6.09 Å². The van der Waals surface area contributed by atoms with Crippen LogP contribution in [0.2, 0.25) is 0 Å². The van der Waals surface area contributed by atoms with Gasteiger partial charge in [0.15, 0.2) is 0 Å². The van der Waals surface area contributed by atoms with E-state index in [4.69, 9.17) is 21.4 Å². The van der Waals surface area contributed by atoms with E-state index in [1.54, 1.807) is 0 Å². The van der Waals surface area contributed by atoms with Crippen molar-refractivity contribution in [2.45, 2.75) is 6.42 Å². The van der Waals surface area contributed by atoms with Gasteiger partial charge in [-0.25, -0.2) is 15.6 Å². The Balaban J connectivity index is 3.17. The van der Waals surface area contributed by atoms with Gasteiger partial charge in [-0.15, -0.1) is 0 Å². The highest BCUT2D eigenvalue weighted by molar-refractivity contribution is 5.63. The summed E-state index contributed by atoms with van der Waals surface area (Å²) in [5, 5.41) is 8.98. The fourth-order valence-corrected chi connectivity index (χ4v) is 0.516. The molecular formula is C5H13N3O3. The Bertz CT molecular complexity index is 120. The first kappa shape index (κ1) is 10.2. The van der Waals surface area contributed by atoms with Crippen LogP contribution < -0.4 is 11.6 Å². The van der Waals surface area contributed by atoms with Crippen LogP contribution in [0.4, 0.5) is 4.79 Å². The highest BCUT2D eigenvalue weighted by atomic mass is 16.5. The summed E-state index contributed by atoms with van der Waals surface area (Å²) < 4.78 is 4.77. The van der Waals surface area contributed by atoms with Crippen LogP contribution >= 0.6 is 0 Å². The van der Waals surface area contributed by atoms with Crippen LogP contribution in [0.15, 0.2) is 0 Å². The second-order valence-electron chi connectivity index (χ2n) is 1.90. The molecule has 5 N–H and O–H groups in total. The molecule has 6 heteroatoms. The molecule has 6 nitrogen and oxygen atoms in total. The van der Waals surface area contributed by atoms with Crippen molar-refractivity contribution in [3.63, 3.8) is 0 Å². The molecule has 66 valence electrons. The van der Waals surface area contributed by atoms with Gasteiger partial charge in [0.1, 0.15) is 0 Å². The number of nitrogens with zero attached hydrogens (tertiary/aromatic N) is 1. The van der Waals surface area contributed by atoms with E-state index in [1.165, 1.54) is 0 Å². The molecule has 0 aliphatic carbocycles. The van der Waals surface area contributed by atoms with E-state index < -0.39 is 6.09 Å². The lowest BCUT2D eigenvalue weighted by molar-refractivity contribution is 0.116. The number of hydrazine groups is 1. The van der Waals surface area contributed by atoms with E-state index in [1.807, 2.05) is 0 Å². The molecule has 0 bridgehead atoms. The molecule has 0 aromatic carbocycles. The maximum absolute atomic E-state index is 10.1. The summed E-state index contributed by atoms with van der Waals surface area (Å²) in [6.07, 6.45) is -0.585. The fourth-order valence-electron chi connectivity index (χ4n) is 0.516. The highest BCUT2D eigenvalue weighted by Crippen LogP contribution is 1.85. The van der Waals surface area contributed by atoms with Crippen molar-refractivity contribution >= 4 is 6.09 Å². The number of hydrogen-bond donors (Lipinski definition) is 3. The van der Waals surface area contributed by atoms with E-state index in [2.05, 4.69) is 0 Å². The molecule has 0 aromatic rings. The van der Waals surface area contributed by atoms with Gasteiger partial charge in [-0.2, -0.15) is 0 Å². The van der Waals surface area contributed by atoms with Crippen LogP contribution in [0.3, 0.4) is 0 Å². The number of carbonyl (C=O) groups is 1. The largest absolute Gasteiger partial charge is 0.464 e. The zero-order valence-electron chi connectivity index (χ0n) is 6.19. The molecule has 0 aliphatic rings. The normalized spacial score (nSPS) is 9.64. The first-order chi connectivity index (χ1) is 5.18. The van der Waals surface area contributed by atoms with Crippen molar-refractivity contribution in [3.8, 4) is 0 Å². The van der Waals surface area contributed by atoms with Crippen molar-refractivity contribution in [2.24, 2.45) is 11.6 Å². The summed E-state index contributed by atoms with van der Waals surface area (Å²) in [6.45, 7) is 0.838. The third kappa shape index (κ3) is 5.59. The zero-order valence-corrected chi connectivity index (χ0v) is 6.19. The molecular weight excluding hydrogens is 150 g/mol. The van der Waals surface area contributed by atoms with Gasteiger partial charge in [-0.1, -0.05) is 0 Å². The average molecular weight is 163 g/mol. The van der Waals surface area contributed by atoms with Gasteiger partial charge in [-0.05, 0) is 6.42 Å². The number of hydrogen-bond acceptors (Lipinski definition) is 4. The van der Waals surface area contributed by atoms with Gasteiger partial charge < -0.3 is 15.6 Å². The quantitative estimate of drug-likeness (QED) is 0.161. The van der Waals surface area contributed by atoms with Crippen LogP contribution in [-0.4, -0.2) is 36.1 Å². The van der Waals surface area contributed by atoms with Gasteiger partial charge in [0, 0.05) is 6.54 Å². The molecule has 0 saturated carbocycles. The van der Waals surface area contributed by atoms with E-state index in [0.717, 1.165) is 0 Å². The minimum atomic E-state index is -1.14. The van der Waals surface area contributed by atoms with Crippen LogP contribution in [0.5, 0.6) is 0 Å². The second-order valence-corrected chi connectivity index (χ2v) is 1.90. The summed E-state index contributed by atoms with van der Waals surface area (Å²) in [5.41, 5.74) is 5.02. The Morgan fingerprint density at radius 1 is 1.64 bits per heavy atom. The van der Waals surface area contributed by atoms with Crippen molar-refractivity contribution in [1.82, 2.24) is 5.01 Å². The Labute approximate surface area is 64.7 Å². The average Bonchev–Trinajstić information content (AvgIpc) is 1.97. The number of ether oxygens (including phenoxy) is 1. The molecule has 0 aliphatic heterocycles. The highest BCUT2D eigenvalue weighted by Gasteiger charge is 2.03. The lowest BCUT2D eigenvalue weighted by Crippen LogP contribution is -2.37. The molecule has 0 heterocycles. The van der Waals surface area contributed by atoms with Crippen molar-refractivity contribution < 1.29 is 14.6 Å². The van der Waals surface area contributed by atoms with Gasteiger partial charge in [-0.3, -0.25) is 0 Å². The number of rotatable bonds is 5. The molecule has 0 unspecified atom stereocenters. The third-order valence-electron chi connectivity index (χ3n) is 1.05. The van der Waals surface area contributed by atoms with Crippen molar-refractivity contribution in [1.29, 1.82) is 0 Å². The van der Waals surface area contributed by atoms with Crippen LogP contribution in [0.25, 0.3) is 0 Å². The van der Waals surface area contributed by atoms with Crippen molar-refractivity contribution in [2.75, 3.05) is 19.9 Å². The van der Waals surface area contributed by atoms with E-state index in [-0.39, 0.29) is 13.3 Å². The first-order valence-electron chi connectivity index (χ1n) is 3.21. The molecule has 0 fully saturated rings. The molecule has 1 amide bonds. The van der Waals surface area contributed by atoms with Gasteiger partial charge in [0.2, 0.25) is 0 Å². The maximum atomic E-state index is 10.1. The van der Waals surface area contributed by atoms with E-state index in [9.17, 15) is 4.79 Å². The minimum absolute atomic E-state index is 0.150. The topological polar surface area (TPSA) is 102 Å². The molecule has 0 radical (unpaired) electrons. The SMILES string of the molecule is NCOCCCN(N)C(=O)O. The Morgan fingerprint density at radius 3 is 2.73 bits per heavy atom. The lowest BCUT2D eigenvalue weighted by atomic mass is 10.4. The van der Waals surface area contributed by atoms with Crippen LogP contribution in [0, 0.1) is 0 Å². The predicted octanol–water partition coefficient (Wildman–Crippen LogP) is -0.837. The third-order valence-corrected chi connectivity index (χ3v) is 1.05. The smallest absolute Gasteiger partial charge is 0.421 e. The maximum Gasteiger partial charge on any atom is 0.421 e. The molecule has 0 spiro atoms. The predicted molar refractivity (Wildman–Crippen MR) is 38.5 cm³/mol. The molecule has 0 saturated heterocycles. The Hall–Kier alpha value is -0.850. The summed E-state index contributed by atoms with van der Waals surface area (Å²) >= 11 is 0. The Morgan fingerprint density at radius 2 is 2.27 bits per heavy atom. The second kappa shape index (κ2) is 5.90. The summed E-state index contributed by atoms with van der Waals surface area (Å²) in [7, 11) is 0. The molecule has 0 aromatic heterocycles. The van der Waals surface area contributed by atoms with E-state index >= 15 is 0 Å². The van der Waals surface area contributed by atoms with Crippen LogP contribution in [-0.2, 0) is 4.74 Å². The van der Waals surface area contributed by atoms with Crippen molar-refractivity contribution in [3.05, 3.63) is 0 Å². The summed E-state index contributed by atoms with van der Waals surface area (Å²) in [5.74, 6) is 5.05. The molecule has 11 heavy (non-hydrogen) atoms. The lowest BCUT2D eigenvalue weighted by Gasteiger charge is -2.11. The summed E-state index contributed by atoms with van der Waals surface area (Å²) in [6, 6.07) is 0. The van der Waals surface area contributed by atoms with Gasteiger partial charge in [0.25, 0.3) is 0 Å². The number of amides is 1. The fraction of sp³-hybridized carbons (Fsp3) is 0.800.